The van der Waals surface area contributed by atoms with Gasteiger partial charge in [-0.15, -0.1) is 0 Å². The summed E-state index contributed by atoms with van der Waals surface area (Å²) in [5.74, 6) is 1.10. The van der Waals surface area contributed by atoms with Crippen LogP contribution in [0.2, 0.25) is 0 Å². The lowest BCUT2D eigenvalue weighted by molar-refractivity contribution is 0.414. The van der Waals surface area contributed by atoms with Crippen molar-refractivity contribution in [2.24, 2.45) is 0 Å². The number of hydrogen-bond acceptors (Lipinski definition) is 2. The highest BCUT2D eigenvalue weighted by atomic mass is 16.5. The first-order valence-electron chi connectivity index (χ1n) is 5.40. The molecule has 2 heteroatoms. The van der Waals surface area contributed by atoms with E-state index in [1.54, 1.807) is 19.2 Å². The number of rotatable bonds is 3. The number of aromatic hydroxyl groups is 1. The van der Waals surface area contributed by atoms with Gasteiger partial charge in [0.2, 0.25) is 0 Å². The molecule has 0 saturated heterocycles. The molecule has 2 rings (SSSR count). The normalized spacial score (nSPS) is 10.6. The molecule has 0 radical (unpaired) electrons. The largest absolute Gasteiger partial charge is 0.507 e. The average molecular weight is 226 g/mol. The molecular formula is C15H14O2. The molecule has 0 fully saturated rings. The van der Waals surface area contributed by atoms with Gasteiger partial charge in [0.15, 0.2) is 0 Å². The van der Waals surface area contributed by atoms with Crippen LogP contribution in [0.4, 0.5) is 0 Å². The van der Waals surface area contributed by atoms with E-state index < -0.39 is 0 Å². The zero-order valence-electron chi connectivity index (χ0n) is 9.63. The van der Waals surface area contributed by atoms with E-state index in [-0.39, 0.29) is 5.75 Å². The van der Waals surface area contributed by atoms with E-state index in [4.69, 9.17) is 4.74 Å². The first kappa shape index (κ1) is 11.3. The van der Waals surface area contributed by atoms with Crippen LogP contribution in [-0.4, -0.2) is 12.2 Å². The van der Waals surface area contributed by atoms with Gasteiger partial charge in [-0.2, -0.15) is 0 Å². The zero-order chi connectivity index (χ0) is 12.1. The number of methoxy groups -OCH3 is 1. The van der Waals surface area contributed by atoms with E-state index in [0.29, 0.717) is 0 Å². The predicted octanol–water partition coefficient (Wildman–Crippen LogP) is 3.57. The van der Waals surface area contributed by atoms with Crippen molar-refractivity contribution in [2.45, 2.75) is 0 Å². The Morgan fingerprint density at radius 1 is 0.882 bits per heavy atom. The summed E-state index contributed by atoms with van der Waals surface area (Å²) in [6, 6.07) is 15.0. The summed E-state index contributed by atoms with van der Waals surface area (Å²) in [4.78, 5) is 0. The molecule has 17 heavy (non-hydrogen) atoms. The minimum atomic E-state index is 0.277. The van der Waals surface area contributed by atoms with Gasteiger partial charge in [0.25, 0.3) is 0 Å². The van der Waals surface area contributed by atoms with E-state index in [2.05, 4.69) is 0 Å². The van der Waals surface area contributed by atoms with E-state index in [9.17, 15) is 5.11 Å². The quantitative estimate of drug-likeness (QED) is 0.811. The van der Waals surface area contributed by atoms with Crippen molar-refractivity contribution in [1.29, 1.82) is 0 Å². The van der Waals surface area contributed by atoms with Crippen molar-refractivity contribution in [3.8, 4) is 11.5 Å². The number of phenols is 1. The maximum atomic E-state index is 9.63. The molecule has 0 aliphatic rings. The molecule has 0 spiro atoms. The van der Waals surface area contributed by atoms with Gasteiger partial charge in [-0.3, -0.25) is 0 Å². The number of para-hydroxylation sites is 2. The fourth-order valence-electron chi connectivity index (χ4n) is 1.61. The average Bonchev–Trinajstić information content (AvgIpc) is 2.38. The molecule has 0 atom stereocenters. The van der Waals surface area contributed by atoms with Gasteiger partial charge in [0.05, 0.1) is 7.11 Å². The Morgan fingerprint density at radius 3 is 2.18 bits per heavy atom. The highest BCUT2D eigenvalue weighted by Gasteiger charge is 1.98. The summed E-state index contributed by atoms with van der Waals surface area (Å²) >= 11 is 0. The minimum Gasteiger partial charge on any atom is -0.507 e. The number of phenolic OH excluding ortho intramolecular Hbond substituents is 1. The predicted molar refractivity (Wildman–Crippen MR) is 70.0 cm³/mol. The molecular weight excluding hydrogens is 212 g/mol. The van der Waals surface area contributed by atoms with Crippen LogP contribution in [0.5, 0.6) is 11.5 Å². The smallest absolute Gasteiger partial charge is 0.126 e. The second-order valence-corrected chi connectivity index (χ2v) is 3.63. The van der Waals surface area contributed by atoms with Crippen LogP contribution in [0.15, 0.2) is 48.5 Å². The van der Waals surface area contributed by atoms with Gasteiger partial charge in [-0.25, -0.2) is 0 Å². The summed E-state index contributed by atoms with van der Waals surface area (Å²) in [6.07, 6.45) is 3.79. The first-order valence-corrected chi connectivity index (χ1v) is 5.40. The molecule has 0 bridgehead atoms. The molecule has 0 heterocycles. The molecule has 0 aliphatic heterocycles. The van der Waals surface area contributed by atoms with Gasteiger partial charge in [0, 0.05) is 11.1 Å². The fraction of sp³-hybridized carbons (Fsp3) is 0.0667. The maximum Gasteiger partial charge on any atom is 0.126 e. The van der Waals surface area contributed by atoms with Crippen molar-refractivity contribution in [3.05, 3.63) is 59.7 Å². The second kappa shape index (κ2) is 5.21. The first-order chi connectivity index (χ1) is 8.31. The fourth-order valence-corrected chi connectivity index (χ4v) is 1.61. The van der Waals surface area contributed by atoms with E-state index in [0.717, 1.165) is 16.9 Å². The molecule has 0 aliphatic carbocycles. The van der Waals surface area contributed by atoms with Crippen LogP contribution in [0, 0.1) is 0 Å². The van der Waals surface area contributed by atoms with Crippen LogP contribution < -0.4 is 4.74 Å². The molecule has 2 nitrogen and oxygen atoms in total. The SMILES string of the molecule is COc1ccccc1/C=C/c1ccccc1O. The van der Waals surface area contributed by atoms with Gasteiger partial charge < -0.3 is 9.84 Å². The van der Waals surface area contributed by atoms with E-state index in [1.807, 2.05) is 48.6 Å². The van der Waals surface area contributed by atoms with Crippen molar-refractivity contribution in [1.82, 2.24) is 0 Å². The molecule has 0 aromatic heterocycles. The lowest BCUT2D eigenvalue weighted by Gasteiger charge is -2.03. The van der Waals surface area contributed by atoms with Crippen LogP contribution in [-0.2, 0) is 0 Å². The lowest BCUT2D eigenvalue weighted by atomic mass is 10.1. The summed E-state index contributed by atoms with van der Waals surface area (Å²) in [5, 5.41) is 9.63. The summed E-state index contributed by atoms with van der Waals surface area (Å²) in [6.45, 7) is 0. The standard InChI is InChI=1S/C15H14O2/c1-17-15-9-5-3-7-13(15)11-10-12-6-2-4-8-14(12)16/h2-11,16H,1H3/b11-10+. The maximum absolute atomic E-state index is 9.63. The molecule has 2 aromatic carbocycles. The van der Waals surface area contributed by atoms with Crippen LogP contribution >= 0.6 is 0 Å². The number of benzene rings is 2. The molecule has 0 amide bonds. The van der Waals surface area contributed by atoms with E-state index >= 15 is 0 Å². The lowest BCUT2D eigenvalue weighted by Crippen LogP contribution is -1.85. The minimum absolute atomic E-state index is 0.277. The Balaban J connectivity index is 2.29. The third-order valence-corrected chi connectivity index (χ3v) is 2.52. The van der Waals surface area contributed by atoms with Gasteiger partial charge >= 0.3 is 0 Å². The van der Waals surface area contributed by atoms with E-state index in [1.165, 1.54) is 0 Å². The number of hydrogen-bond donors (Lipinski definition) is 1. The zero-order valence-corrected chi connectivity index (χ0v) is 9.63. The molecule has 0 saturated carbocycles. The summed E-state index contributed by atoms with van der Waals surface area (Å²) in [5.41, 5.74) is 1.77. The highest BCUT2D eigenvalue weighted by Crippen LogP contribution is 2.22. The third-order valence-electron chi connectivity index (χ3n) is 2.52. The Bertz CT molecular complexity index is 530. The van der Waals surface area contributed by atoms with Crippen molar-refractivity contribution < 1.29 is 9.84 Å². The van der Waals surface area contributed by atoms with Crippen molar-refractivity contribution in [3.63, 3.8) is 0 Å². The second-order valence-electron chi connectivity index (χ2n) is 3.63. The Kier molecular flexibility index (Phi) is 3.46. The molecule has 0 unspecified atom stereocenters. The Labute approximate surface area is 101 Å². The molecule has 86 valence electrons. The Morgan fingerprint density at radius 2 is 1.47 bits per heavy atom. The highest BCUT2D eigenvalue weighted by molar-refractivity contribution is 5.74. The summed E-state index contributed by atoms with van der Waals surface area (Å²) in [7, 11) is 1.65. The topological polar surface area (TPSA) is 29.5 Å². The summed E-state index contributed by atoms with van der Waals surface area (Å²) < 4.78 is 5.25. The van der Waals surface area contributed by atoms with Crippen LogP contribution in [0.25, 0.3) is 12.2 Å². The molecule has 1 N–H and O–H groups in total. The molecule has 2 aromatic rings. The van der Waals surface area contributed by atoms with Gasteiger partial charge in [0.1, 0.15) is 11.5 Å². The van der Waals surface area contributed by atoms with Crippen LogP contribution in [0.3, 0.4) is 0 Å². The van der Waals surface area contributed by atoms with Gasteiger partial charge in [-0.1, -0.05) is 48.6 Å². The number of ether oxygens (including phenoxy) is 1. The van der Waals surface area contributed by atoms with Crippen LogP contribution in [0.1, 0.15) is 11.1 Å². The Hall–Kier alpha value is -2.22. The van der Waals surface area contributed by atoms with Crippen molar-refractivity contribution >= 4 is 12.2 Å². The third kappa shape index (κ3) is 2.67. The monoisotopic (exact) mass is 226 g/mol. The van der Waals surface area contributed by atoms with Gasteiger partial charge in [-0.05, 0) is 12.1 Å². The van der Waals surface area contributed by atoms with Crippen molar-refractivity contribution in [2.75, 3.05) is 7.11 Å².